The van der Waals surface area contributed by atoms with Gasteiger partial charge in [0.2, 0.25) is 0 Å². The van der Waals surface area contributed by atoms with E-state index in [1.54, 1.807) is 11.7 Å². The van der Waals surface area contributed by atoms with Crippen LogP contribution in [0.25, 0.3) is 9.88 Å². The third kappa shape index (κ3) is 2.40. The van der Waals surface area contributed by atoms with Crippen LogP contribution in [0, 0.1) is 0 Å². The lowest BCUT2D eigenvalue weighted by atomic mass is 10.3. The zero-order chi connectivity index (χ0) is 10.7. The van der Waals surface area contributed by atoms with E-state index in [4.69, 9.17) is 0 Å². The summed E-state index contributed by atoms with van der Waals surface area (Å²) in [5, 5.41) is 2.77. The molecule has 0 aliphatic heterocycles. The van der Waals surface area contributed by atoms with Crippen LogP contribution in [0.1, 0.15) is 5.69 Å². The highest BCUT2D eigenvalue weighted by atomic mass is 32.1. The van der Waals surface area contributed by atoms with Gasteiger partial charge >= 0.3 is 5.97 Å². The van der Waals surface area contributed by atoms with Crippen molar-refractivity contribution in [1.82, 2.24) is 9.97 Å². The van der Waals surface area contributed by atoms with E-state index in [0.29, 0.717) is 0 Å². The Balaban J connectivity index is 2.14. The highest BCUT2D eigenvalue weighted by molar-refractivity contribution is 7.19. The minimum Gasteiger partial charge on any atom is -0.469 e. The number of methoxy groups -OCH3 is 1. The lowest BCUT2D eigenvalue weighted by molar-refractivity contribution is -0.139. The fourth-order valence-corrected chi connectivity index (χ4v) is 2.56. The molecular formula is C9H8N2O2S2. The number of nitrogens with zero attached hydrogens (tertiary/aromatic N) is 2. The summed E-state index contributed by atoms with van der Waals surface area (Å²) < 4.78 is 4.57. The van der Waals surface area contributed by atoms with Crippen molar-refractivity contribution in [3.05, 3.63) is 22.8 Å². The predicted molar refractivity (Wildman–Crippen MR) is 58.9 cm³/mol. The van der Waals surface area contributed by atoms with Crippen LogP contribution in [-0.2, 0) is 16.0 Å². The molecule has 0 atom stereocenters. The summed E-state index contributed by atoms with van der Waals surface area (Å²) in [6.07, 6.45) is 2.00. The van der Waals surface area contributed by atoms with E-state index in [-0.39, 0.29) is 12.4 Å². The zero-order valence-corrected chi connectivity index (χ0v) is 9.60. The van der Waals surface area contributed by atoms with Crippen LogP contribution in [0.3, 0.4) is 0 Å². The van der Waals surface area contributed by atoms with Crippen molar-refractivity contribution in [2.75, 3.05) is 7.11 Å². The average molecular weight is 240 g/mol. The molecule has 0 unspecified atom stereocenters. The molecule has 2 aromatic heterocycles. The number of hydrogen-bond acceptors (Lipinski definition) is 6. The van der Waals surface area contributed by atoms with E-state index in [1.807, 2.05) is 5.38 Å². The van der Waals surface area contributed by atoms with Gasteiger partial charge in [0.25, 0.3) is 0 Å². The molecule has 4 nitrogen and oxygen atoms in total. The number of hydrogen-bond donors (Lipinski definition) is 0. The Hall–Kier alpha value is -1.27. The second-order valence-corrected chi connectivity index (χ2v) is 4.51. The van der Waals surface area contributed by atoms with Crippen LogP contribution in [0.15, 0.2) is 17.1 Å². The first-order chi connectivity index (χ1) is 7.29. The Kier molecular flexibility index (Phi) is 3.08. The minimum absolute atomic E-state index is 0.228. The van der Waals surface area contributed by atoms with Gasteiger partial charge in [0.15, 0.2) is 0 Å². The lowest BCUT2D eigenvalue weighted by Crippen LogP contribution is -2.04. The van der Waals surface area contributed by atoms with Crippen molar-refractivity contribution < 1.29 is 9.53 Å². The molecule has 0 N–H and O–H groups in total. The maximum absolute atomic E-state index is 11.0. The summed E-state index contributed by atoms with van der Waals surface area (Å²) in [6.45, 7) is 0. The Morgan fingerprint density at radius 3 is 3.07 bits per heavy atom. The first-order valence-corrected chi connectivity index (χ1v) is 5.95. The van der Waals surface area contributed by atoms with E-state index in [9.17, 15) is 4.79 Å². The van der Waals surface area contributed by atoms with Crippen LogP contribution in [0.2, 0.25) is 0 Å². The standard InChI is InChI=1S/C9H8N2O2S2/c1-13-8(12)2-6-4-14-9(11-6)7-3-10-5-15-7/h3-5H,2H2,1H3. The van der Waals surface area contributed by atoms with E-state index in [0.717, 1.165) is 15.6 Å². The molecule has 0 aliphatic carbocycles. The van der Waals surface area contributed by atoms with Gasteiger partial charge in [-0.1, -0.05) is 0 Å². The SMILES string of the molecule is COC(=O)Cc1csc(-c2cncs2)n1. The number of carbonyl (C=O) groups excluding carboxylic acids is 1. The van der Waals surface area contributed by atoms with Crippen molar-refractivity contribution in [3.8, 4) is 9.88 Å². The Labute approximate surface area is 94.6 Å². The largest absolute Gasteiger partial charge is 0.469 e. The molecule has 0 aromatic carbocycles. The van der Waals surface area contributed by atoms with Gasteiger partial charge in [-0.3, -0.25) is 9.78 Å². The average Bonchev–Trinajstić information content (AvgIpc) is 2.85. The van der Waals surface area contributed by atoms with Crippen molar-refractivity contribution >= 4 is 28.6 Å². The van der Waals surface area contributed by atoms with Gasteiger partial charge in [0.05, 0.1) is 29.6 Å². The van der Waals surface area contributed by atoms with E-state index >= 15 is 0 Å². The highest BCUT2D eigenvalue weighted by Gasteiger charge is 2.09. The quantitative estimate of drug-likeness (QED) is 0.770. The number of rotatable bonds is 3. The van der Waals surface area contributed by atoms with Crippen molar-refractivity contribution in [1.29, 1.82) is 0 Å². The van der Waals surface area contributed by atoms with E-state index < -0.39 is 0 Å². The van der Waals surface area contributed by atoms with Crippen molar-refractivity contribution in [3.63, 3.8) is 0 Å². The Morgan fingerprint density at radius 1 is 1.53 bits per heavy atom. The van der Waals surface area contributed by atoms with Gasteiger partial charge in [-0.2, -0.15) is 0 Å². The van der Waals surface area contributed by atoms with Gasteiger partial charge in [0.1, 0.15) is 5.01 Å². The molecular weight excluding hydrogens is 232 g/mol. The summed E-state index contributed by atoms with van der Waals surface area (Å²) in [4.78, 5) is 20.3. The molecule has 2 rings (SSSR count). The van der Waals surface area contributed by atoms with Crippen LogP contribution in [0.5, 0.6) is 0 Å². The van der Waals surface area contributed by atoms with Crippen LogP contribution in [-0.4, -0.2) is 23.0 Å². The predicted octanol–water partition coefficient (Wildman–Crippen LogP) is 1.98. The van der Waals surface area contributed by atoms with Crippen molar-refractivity contribution in [2.45, 2.75) is 6.42 Å². The molecule has 15 heavy (non-hydrogen) atoms. The zero-order valence-electron chi connectivity index (χ0n) is 7.97. The number of carbonyl (C=O) groups is 1. The molecule has 0 saturated carbocycles. The number of thiazole rings is 2. The fraction of sp³-hybridized carbons (Fsp3) is 0.222. The molecule has 0 fully saturated rings. The van der Waals surface area contributed by atoms with Crippen LogP contribution < -0.4 is 0 Å². The van der Waals surface area contributed by atoms with E-state index in [2.05, 4.69) is 14.7 Å². The molecule has 0 amide bonds. The second-order valence-electron chi connectivity index (χ2n) is 2.76. The molecule has 78 valence electrons. The summed E-state index contributed by atoms with van der Waals surface area (Å²) in [6, 6.07) is 0. The summed E-state index contributed by atoms with van der Waals surface area (Å²) >= 11 is 3.05. The van der Waals surface area contributed by atoms with Crippen molar-refractivity contribution in [2.24, 2.45) is 0 Å². The molecule has 0 saturated heterocycles. The maximum Gasteiger partial charge on any atom is 0.311 e. The topological polar surface area (TPSA) is 52.1 Å². The maximum atomic E-state index is 11.0. The summed E-state index contributed by atoms with van der Waals surface area (Å²) in [5.74, 6) is -0.267. The van der Waals surface area contributed by atoms with E-state index in [1.165, 1.54) is 29.8 Å². The normalized spacial score (nSPS) is 10.2. The first kappa shape index (κ1) is 10.3. The monoisotopic (exact) mass is 240 g/mol. The number of esters is 1. The minimum atomic E-state index is -0.267. The highest BCUT2D eigenvalue weighted by Crippen LogP contribution is 2.26. The molecule has 0 aliphatic rings. The molecule has 0 bridgehead atoms. The first-order valence-electron chi connectivity index (χ1n) is 4.19. The summed E-state index contributed by atoms with van der Waals surface area (Å²) in [5.41, 5.74) is 2.51. The molecule has 2 heterocycles. The molecule has 6 heteroatoms. The molecule has 0 spiro atoms. The second kappa shape index (κ2) is 4.50. The lowest BCUT2D eigenvalue weighted by Gasteiger charge is -1.93. The fourth-order valence-electron chi connectivity index (χ4n) is 1.04. The van der Waals surface area contributed by atoms with Gasteiger partial charge in [-0.05, 0) is 0 Å². The van der Waals surface area contributed by atoms with Gasteiger partial charge in [-0.25, -0.2) is 4.98 Å². The van der Waals surface area contributed by atoms with Gasteiger partial charge < -0.3 is 4.74 Å². The smallest absolute Gasteiger partial charge is 0.311 e. The Morgan fingerprint density at radius 2 is 2.40 bits per heavy atom. The molecule has 0 radical (unpaired) electrons. The third-order valence-electron chi connectivity index (χ3n) is 1.75. The van der Waals surface area contributed by atoms with Crippen LogP contribution in [0.4, 0.5) is 0 Å². The number of ether oxygens (including phenoxy) is 1. The number of aromatic nitrogens is 2. The summed E-state index contributed by atoms with van der Waals surface area (Å²) in [7, 11) is 1.37. The van der Waals surface area contributed by atoms with Crippen LogP contribution >= 0.6 is 22.7 Å². The third-order valence-corrected chi connectivity index (χ3v) is 3.58. The van der Waals surface area contributed by atoms with Gasteiger partial charge in [-0.15, -0.1) is 22.7 Å². The Bertz CT molecular complexity index is 450. The van der Waals surface area contributed by atoms with Gasteiger partial charge in [0, 0.05) is 11.6 Å². The molecule has 2 aromatic rings.